The molecule has 1 rings (SSSR count). The largest absolute Gasteiger partial charge is 0.481 e. The number of halogens is 2. The van der Waals surface area contributed by atoms with Gasteiger partial charge < -0.3 is 10.0 Å². The Morgan fingerprint density at radius 3 is 2.67 bits per heavy atom. The van der Waals surface area contributed by atoms with Gasteiger partial charge in [0.2, 0.25) is 0 Å². The molecule has 0 aliphatic heterocycles. The van der Waals surface area contributed by atoms with E-state index in [0.717, 1.165) is 18.2 Å². The van der Waals surface area contributed by atoms with Crippen molar-refractivity contribution in [3.8, 4) is 0 Å². The smallest absolute Gasteiger partial charge is 0.307 e. The topological polar surface area (TPSA) is 40.5 Å². The number of carboxylic acids is 1. The maximum Gasteiger partial charge on any atom is 0.307 e. The molecule has 0 heterocycles. The third-order valence-corrected chi connectivity index (χ3v) is 2.82. The van der Waals surface area contributed by atoms with Gasteiger partial charge in [0.15, 0.2) is 0 Å². The van der Waals surface area contributed by atoms with Gasteiger partial charge in [-0.05, 0) is 31.7 Å². The molecule has 0 amide bonds. The van der Waals surface area contributed by atoms with E-state index in [2.05, 4.69) is 0 Å². The normalized spacial score (nSPS) is 12.7. The monoisotopic (exact) mass is 257 g/mol. The highest BCUT2D eigenvalue weighted by atomic mass is 19.1. The van der Waals surface area contributed by atoms with Gasteiger partial charge in [-0.1, -0.05) is 6.92 Å². The lowest BCUT2D eigenvalue weighted by Gasteiger charge is -2.20. The second kappa shape index (κ2) is 6.44. The number of benzene rings is 1. The molecule has 0 saturated heterocycles. The summed E-state index contributed by atoms with van der Waals surface area (Å²) in [5.41, 5.74) is 0.234. The molecule has 0 radical (unpaired) electrons. The predicted octanol–water partition coefficient (Wildman–Crippen LogP) is 2.51. The molecule has 1 aromatic carbocycles. The van der Waals surface area contributed by atoms with E-state index in [1.54, 1.807) is 18.9 Å². The SMILES string of the molecule is CCC(CN(C)Cc1cc(F)ccc1F)C(=O)O. The second-order valence-corrected chi connectivity index (χ2v) is 4.38. The molecule has 0 bridgehead atoms. The Labute approximate surface area is 105 Å². The fourth-order valence-corrected chi connectivity index (χ4v) is 1.78. The third kappa shape index (κ3) is 4.07. The Kier molecular flexibility index (Phi) is 5.22. The highest BCUT2D eigenvalue weighted by molar-refractivity contribution is 5.70. The van der Waals surface area contributed by atoms with Crippen LogP contribution in [0.1, 0.15) is 18.9 Å². The van der Waals surface area contributed by atoms with E-state index in [0.29, 0.717) is 13.0 Å². The van der Waals surface area contributed by atoms with E-state index in [1.165, 1.54) is 0 Å². The van der Waals surface area contributed by atoms with Gasteiger partial charge in [-0.15, -0.1) is 0 Å². The van der Waals surface area contributed by atoms with Crippen LogP contribution in [-0.2, 0) is 11.3 Å². The molecule has 0 fully saturated rings. The van der Waals surface area contributed by atoms with Crippen molar-refractivity contribution >= 4 is 5.97 Å². The Bertz CT molecular complexity index is 423. The van der Waals surface area contributed by atoms with Gasteiger partial charge in [-0.3, -0.25) is 4.79 Å². The Hall–Kier alpha value is -1.49. The molecule has 0 aliphatic rings. The minimum Gasteiger partial charge on any atom is -0.481 e. The molecule has 0 aliphatic carbocycles. The first-order valence-corrected chi connectivity index (χ1v) is 5.79. The van der Waals surface area contributed by atoms with Gasteiger partial charge in [0.1, 0.15) is 11.6 Å². The van der Waals surface area contributed by atoms with E-state index >= 15 is 0 Å². The van der Waals surface area contributed by atoms with E-state index in [9.17, 15) is 13.6 Å². The van der Waals surface area contributed by atoms with E-state index in [4.69, 9.17) is 5.11 Å². The van der Waals surface area contributed by atoms with Crippen molar-refractivity contribution in [2.75, 3.05) is 13.6 Å². The van der Waals surface area contributed by atoms with Gasteiger partial charge >= 0.3 is 5.97 Å². The van der Waals surface area contributed by atoms with Crippen LogP contribution in [0.4, 0.5) is 8.78 Å². The van der Waals surface area contributed by atoms with Gasteiger partial charge in [0.25, 0.3) is 0 Å². The lowest BCUT2D eigenvalue weighted by Crippen LogP contribution is -2.30. The summed E-state index contributed by atoms with van der Waals surface area (Å²) in [6.45, 7) is 2.28. The summed E-state index contributed by atoms with van der Waals surface area (Å²) < 4.78 is 26.4. The number of rotatable bonds is 6. The van der Waals surface area contributed by atoms with Crippen LogP contribution in [0.2, 0.25) is 0 Å². The number of carboxylic acid groups (broad SMARTS) is 1. The minimum absolute atomic E-state index is 0.188. The predicted molar refractivity (Wildman–Crippen MR) is 64.1 cm³/mol. The molecule has 18 heavy (non-hydrogen) atoms. The lowest BCUT2D eigenvalue weighted by molar-refractivity contribution is -0.142. The van der Waals surface area contributed by atoms with Gasteiger partial charge in [-0.2, -0.15) is 0 Å². The molecule has 5 heteroatoms. The average Bonchev–Trinajstić information content (AvgIpc) is 2.30. The van der Waals surface area contributed by atoms with E-state index in [-0.39, 0.29) is 12.1 Å². The van der Waals surface area contributed by atoms with Crippen LogP contribution in [-0.4, -0.2) is 29.6 Å². The lowest BCUT2D eigenvalue weighted by atomic mass is 10.1. The van der Waals surface area contributed by atoms with Gasteiger partial charge in [-0.25, -0.2) is 8.78 Å². The first-order valence-electron chi connectivity index (χ1n) is 5.79. The molecule has 1 atom stereocenters. The van der Waals surface area contributed by atoms with Crippen LogP contribution in [0.15, 0.2) is 18.2 Å². The zero-order valence-corrected chi connectivity index (χ0v) is 10.5. The van der Waals surface area contributed by atoms with E-state index in [1.807, 2.05) is 0 Å². The average molecular weight is 257 g/mol. The zero-order chi connectivity index (χ0) is 13.7. The van der Waals surface area contributed by atoms with Crippen molar-refractivity contribution < 1.29 is 18.7 Å². The van der Waals surface area contributed by atoms with Crippen molar-refractivity contribution in [1.29, 1.82) is 0 Å². The molecule has 3 nitrogen and oxygen atoms in total. The number of nitrogens with zero attached hydrogens (tertiary/aromatic N) is 1. The van der Waals surface area contributed by atoms with Crippen LogP contribution in [0, 0.1) is 17.6 Å². The molecule has 1 N–H and O–H groups in total. The summed E-state index contributed by atoms with van der Waals surface area (Å²) in [5.74, 6) is -2.34. The first kappa shape index (κ1) is 14.6. The summed E-state index contributed by atoms with van der Waals surface area (Å²) in [7, 11) is 1.69. The Balaban J connectivity index is 2.66. The van der Waals surface area contributed by atoms with Crippen molar-refractivity contribution in [3.63, 3.8) is 0 Å². The summed E-state index contributed by atoms with van der Waals surface area (Å²) in [6.07, 6.45) is 0.505. The molecule has 100 valence electrons. The summed E-state index contributed by atoms with van der Waals surface area (Å²) in [4.78, 5) is 12.6. The Morgan fingerprint density at radius 1 is 1.44 bits per heavy atom. The van der Waals surface area contributed by atoms with E-state index < -0.39 is 23.5 Å². The molecular weight excluding hydrogens is 240 g/mol. The van der Waals surface area contributed by atoms with Crippen LogP contribution < -0.4 is 0 Å². The highest BCUT2D eigenvalue weighted by Gasteiger charge is 2.18. The maximum atomic E-state index is 13.4. The first-order chi connectivity index (χ1) is 8.43. The second-order valence-electron chi connectivity index (χ2n) is 4.38. The zero-order valence-electron chi connectivity index (χ0n) is 10.5. The molecular formula is C13H17F2NO2. The molecule has 0 aromatic heterocycles. The van der Waals surface area contributed by atoms with Crippen molar-refractivity contribution in [2.45, 2.75) is 19.9 Å². The Morgan fingerprint density at radius 2 is 2.11 bits per heavy atom. The molecule has 1 unspecified atom stereocenters. The van der Waals surface area contributed by atoms with Crippen LogP contribution in [0.5, 0.6) is 0 Å². The van der Waals surface area contributed by atoms with Crippen LogP contribution in [0.3, 0.4) is 0 Å². The molecule has 0 saturated carbocycles. The minimum atomic E-state index is -0.871. The van der Waals surface area contributed by atoms with Crippen molar-refractivity contribution in [1.82, 2.24) is 4.90 Å². The summed E-state index contributed by atoms with van der Waals surface area (Å²) in [5, 5.41) is 8.93. The van der Waals surface area contributed by atoms with Crippen molar-refractivity contribution in [3.05, 3.63) is 35.4 Å². The molecule has 0 spiro atoms. The number of hydrogen-bond acceptors (Lipinski definition) is 2. The number of hydrogen-bond donors (Lipinski definition) is 1. The van der Waals surface area contributed by atoms with Crippen molar-refractivity contribution in [2.24, 2.45) is 5.92 Å². The quantitative estimate of drug-likeness (QED) is 0.851. The summed E-state index contributed by atoms with van der Waals surface area (Å²) >= 11 is 0. The molecule has 1 aromatic rings. The number of aliphatic carboxylic acids is 1. The summed E-state index contributed by atoms with van der Waals surface area (Å²) in [6, 6.07) is 3.27. The fraction of sp³-hybridized carbons (Fsp3) is 0.462. The van der Waals surface area contributed by atoms with Crippen LogP contribution >= 0.6 is 0 Å². The standard InChI is InChI=1S/C13H17F2NO2/c1-3-9(13(17)18)7-16(2)8-10-6-11(14)4-5-12(10)15/h4-6,9H,3,7-8H2,1-2H3,(H,17,18). The highest BCUT2D eigenvalue weighted by Crippen LogP contribution is 2.13. The maximum absolute atomic E-state index is 13.4. The fourth-order valence-electron chi connectivity index (χ4n) is 1.78. The van der Waals surface area contributed by atoms with Crippen LogP contribution in [0.25, 0.3) is 0 Å². The third-order valence-electron chi connectivity index (χ3n) is 2.82. The number of carbonyl (C=O) groups is 1. The van der Waals surface area contributed by atoms with Gasteiger partial charge in [0.05, 0.1) is 5.92 Å². The van der Waals surface area contributed by atoms with Gasteiger partial charge in [0, 0.05) is 18.7 Å².